The number of carbonyl (C=O) groups is 1. The molecule has 0 saturated carbocycles. The molecule has 136 valence electrons. The SMILES string of the molecule is CC(C)(C)[Si](C)(C)OC[C@H]1OC(=O)C[C@H]1O[Si](C)(C)C(C)(C)C. The summed E-state index contributed by atoms with van der Waals surface area (Å²) in [6.07, 6.45) is -0.100. The highest BCUT2D eigenvalue weighted by molar-refractivity contribution is 6.74. The normalized spacial score (nSPS) is 24.0. The Morgan fingerprint density at radius 1 is 1.00 bits per heavy atom. The number of rotatable bonds is 5. The third-order valence-electron chi connectivity index (χ3n) is 5.73. The fourth-order valence-electron chi connectivity index (χ4n) is 1.91. The molecule has 0 amide bonds. The predicted molar refractivity (Wildman–Crippen MR) is 99.7 cm³/mol. The average Bonchev–Trinajstić information content (AvgIpc) is 2.63. The van der Waals surface area contributed by atoms with Gasteiger partial charge in [-0.2, -0.15) is 0 Å². The second kappa shape index (κ2) is 6.61. The summed E-state index contributed by atoms with van der Waals surface area (Å²) in [6.45, 7) is 22.6. The van der Waals surface area contributed by atoms with Gasteiger partial charge in [0.2, 0.25) is 0 Å². The third kappa shape index (κ3) is 5.15. The number of esters is 1. The lowest BCUT2D eigenvalue weighted by atomic mass is 10.2. The van der Waals surface area contributed by atoms with Crippen LogP contribution in [-0.2, 0) is 18.4 Å². The Labute approximate surface area is 144 Å². The minimum Gasteiger partial charge on any atom is -0.457 e. The summed E-state index contributed by atoms with van der Waals surface area (Å²) in [5.74, 6) is -0.169. The molecule has 0 radical (unpaired) electrons. The Bertz CT molecular complexity index is 433. The molecule has 0 aliphatic carbocycles. The van der Waals surface area contributed by atoms with Crippen molar-refractivity contribution in [2.45, 2.75) is 96.4 Å². The van der Waals surface area contributed by atoms with Crippen LogP contribution in [0.1, 0.15) is 48.0 Å². The zero-order chi connectivity index (χ0) is 18.3. The molecule has 1 heterocycles. The molecule has 0 bridgehead atoms. The van der Waals surface area contributed by atoms with Gasteiger partial charge >= 0.3 is 5.97 Å². The van der Waals surface area contributed by atoms with Crippen LogP contribution in [0.2, 0.25) is 36.3 Å². The second-order valence-electron chi connectivity index (χ2n) is 9.72. The first kappa shape index (κ1) is 20.9. The molecule has 0 aromatic carbocycles. The Morgan fingerprint density at radius 3 is 1.91 bits per heavy atom. The Balaban J connectivity index is 2.76. The first-order valence-corrected chi connectivity index (χ1v) is 14.4. The first-order valence-electron chi connectivity index (χ1n) is 8.58. The van der Waals surface area contributed by atoms with E-state index in [1.165, 1.54) is 0 Å². The van der Waals surface area contributed by atoms with Crippen LogP contribution in [0.5, 0.6) is 0 Å². The average molecular weight is 361 g/mol. The molecule has 0 N–H and O–H groups in total. The van der Waals surface area contributed by atoms with E-state index in [0.717, 1.165) is 0 Å². The number of ether oxygens (including phenoxy) is 1. The topological polar surface area (TPSA) is 44.8 Å². The van der Waals surface area contributed by atoms with Crippen LogP contribution >= 0.6 is 0 Å². The van der Waals surface area contributed by atoms with Crippen molar-refractivity contribution in [1.29, 1.82) is 0 Å². The molecule has 23 heavy (non-hydrogen) atoms. The summed E-state index contributed by atoms with van der Waals surface area (Å²) in [4.78, 5) is 11.8. The fourth-order valence-corrected chi connectivity index (χ4v) is 4.27. The van der Waals surface area contributed by atoms with Gasteiger partial charge in [0.1, 0.15) is 6.10 Å². The van der Waals surface area contributed by atoms with Gasteiger partial charge in [0.25, 0.3) is 0 Å². The molecule has 1 saturated heterocycles. The number of carbonyl (C=O) groups excluding carboxylic acids is 1. The molecule has 0 spiro atoms. The lowest BCUT2D eigenvalue weighted by Gasteiger charge is -2.40. The highest BCUT2D eigenvalue weighted by Crippen LogP contribution is 2.40. The molecule has 1 aliphatic rings. The number of hydrogen-bond donors (Lipinski definition) is 0. The zero-order valence-corrected chi connectivity index (χ0v) is 18.7. The summed E-state index contributed by atoms with van der Waals surface area (Å²) in [6, 6.07) is 0. The van der Waals surface area contributed by atoms with Crippen LogP contribution in [0.4, 0.5) is 0 Å². The highest BCUT2D eigenvalue weighted by Gasteiger charge is 2.46. The molecule has 6 heteroatoms. The molecular weight excluding hydrogens is 324 g/mol. The third-order valence-corrected chi connectivity index (χ3v) is 14.7. The van der Waals surface area contributed by atoms with Gasteiger partial charge in [-0.25, -0.2) is 0 Å². The predicted octanol–water partition coefficient (Wildman–Crippen LogP) is 4.71. The van der Waals surface area contributed by atoms with Crippen molar-refractivity contribution in [2.24, 2.45) is 0 Å². The van der Waals surface area contributed by atoms with E-state index in [1.54, 1.807) is 0 Å². The van der Waals surface area contributed by atoms with Gasteiger partial charge in [-0.3, -0.25) is 4.79 Å². The summed E-state index contributed by atoms with van der Waals surface area (Å²) in [5, 5.41) is 0.259. The van der Waals surface area contributed by atoms with Crippen LogP contribution in [0.15, 0.2) is 0 Å². The van der Waals surface area contributed by atoms with Crippen LogP contribution < -0.4 is 0 Å². The maximum absolute atomic E-state index is 11.8. The standard InChI is InChI=1S/C17H36O4Si2/c1-16(2,3)22(7,8)19-12-14-13(11-15(18)20-14)21-23(9,10)17(4,5)6/h13-14H,11-12H2,1-10H3/t13-,14-/m1/s1. The minimum absolute atomic E-state index is 0.115. The van der Waals surface area contributed by atoms with E-state index in [2.05, 4.69) is 67.7 Å². The van der Waals surface area contributed by atoms with Crippen molar-refractivity contribution in [3.63, 3.8) is 0 Å². The van der Waals surface area contributed by atoms with E-state index in [0.29, 0.717) is 13.0 Å². The van der Waals surface area contributed by atoms with Gasteiger partial charge in [-0.15, -0.1) is 0 Å². The van der Waals surface area contributed by atoms with Crippen molar-refractivity contribution in [2.75, 3.05) is 6.61 Å². The summed E-state index contributed by atoms with van der Waals surface area (Å²) >= 11 is 0. The zero-order valence-electron chi connectivity index (χ0n) is 16.7. The number of cyclic esters (lactones) is 1. The van der Waals surface area contributed by atoms with E-state index in [4.69, 9.17) is 13.6 Å². The van der Waals surface area contributed by atoms with E-state index < -0.39 is 16.6 Å². The van der Waals surface area contributed by atoms with Gasteiger partial charge in [0, 0.05) is 0 Å². The smallest absolute Gasteiger partial charge is 0.308 e. The van der Waals surface area contributed by atoms with Crippen LogP contribution in [0.3, 0.4) is 0 Å². The molecule has 2 atom stereocenters. The first-order chi connectivity index (χ1) is 10.1. The van der Waals surface area contributed by atoms with Gasteiger partial charge in [0.15, 0.2) is 16.6 Å². The summed E-state index contributed by atoms with van der Waals surface area (Å²) < 4.78 is 18.2. The minimum atomic E-state index is -1.93. The largest absolute Gasteiger partial charge is 0.457 e. The maximum atomic E-state index is 11.8. The van der Waals surface area contributed by atoms with E-state index in [1.807, 2.05) is 0 Å². The van der Waals surface area contributed by atoms with Crippen LogP contribution in [0.25, 0.3) is 0 Å². The van der Waals surface area contributed by atoms with Gasteiger partial charge in [0.05, 0.1) is 19.1 Å². The van der Waals surface area contributed by atoms with Gasteiger partial charge in [-0.05, 0) is 36.3 Å². The fraction of sp³-hybridized carbons (Fsp3) is 0.941. The lowest BCUT2D eigenvalue weighted by molar-refractivity contribution is -0.142. The van der Waals surface area contributed by atoms with Crippen LogP contribution in [0, 0.1) is 0 Å². The van der Waals surface area contributed by atoms with Gasteiger partial charge < -0.3 is 13.6 Å². The lowest BCUT2D eigenvalue weighted by Crippen LogP contribution is -2.48. The molecule has 0 aromatic rings. The van der Waals surface area contributed by atoms with Gasteiger partial charge in [-0.1, -0.05) is 41.5 Å². The highest BCUT2D eigenvalue weighted by atomic mass is 28.4. The van der Waals surface area contributed by atoms with E-state index in [-0.39, 0.29) is 28.3 Å². The van der Waals surface area contributed by atoms with E-state index in [9.17, 15) is 4.79 Å². The molecule has 1 rings (SSSR count). The maximum Gasteiger partial charge on any atom is 0.308 e. The van der Waals surface area contributed by atoms with E-state index >= 15 is 0 Å². The molecule has 4 nitrogen and oxygen atoms in total. The summed E-state index contributed by atoms with van der Waals surface area (Å²) in [7, 11) is -3.78. The van der Waals surface area contributed by atoms with Crippen molar-refractivity contribution in [1.82, 2.24) is 0 Å². The summed E-state index contributed by atoms with van der Waals surface area (Å²) in [5.41, 5.74) is 0. The van der Waals surface area contributed by atoms with Crippen molar-refractivity contribution in [3.8, 4) is 0 Å². The quantitative estimate of drug-likeness (QED) is 0.526. The Kier molecular flexibility index (Phi) is 6.00. The van der Waals surface area contributed by atoms with Crippen molar-refractivity contribution in [3.05, 3.63) is 0 Å². The van der Waals surface area contributed by atoms with Crippen molar-refractivity contribution >= 4 is 22.6 Å². The second-order valence-corrected chi connectivity index (χ2v) is 19.3. The molecule has 1 aliphatic heterocycles. The number of hydrogen-bond acceptors (Lipinski definition) is 4. The molecule has 1 fully saturated rings. The Morgan fingerprint density at radius 2 is 1.48 bits per heavy atom. The molecule has 0 unspecified atom stereocenters. The Hall–Kier alpha value is -0.176. The van der Waals surface area contributed by atoms with Crippen LogP contribution in [-0.4, -0.2) is 41.4 Å². The van der Waals surface area contributed by atoms with Crippen molar-refractivity contribution < 1.29 is 18.4 Å². The monoisotopic (exact) mass is 360 g/mol. The molecule has 0 aromatic heterocycles. The molecular formula is C17H36O4Si2.